The van der Waals surface area contributed by atoms with E-state index >= 15 is 0 Å². The molecule has 2 N–H and O–H groups in total. The van der Waals surface area contributed by atoms with Gasteiger partial charge in [0.1, 0.15) is 0 Å². The van der Waals surface area contributed by atoms with Gasteiger partial charge in [-0.15, -0.1) is 0 Å². The smallest absolute Gasteiger partial charge is 0.307 e. The zero-order valence-electron chi connectivity index (χ0n) is 17.0. The summed E-state index contributed by atoms with van der Waals surface area (Å²) in [6.07, 6.45) is -0.219. The van der Waals surface area contributed by atoms with E-state index in [0.717, 1.165) is 11.1 Å². The fourth-order valence-electron chi connectivity index (χ4n) is 2.62. The first-order chi connectivity index (χ1) is 14.1. The largest absolute Gasteiger partial charge is 0.457 e. The number of amides is 1. The molecule has 160 valence electrons. The summed E-state index contributed by atoms with van der Waals surface area (Å²) in [5.74, 6) is -1.26. The van der Waals surface area contributed by atoms with Crippen molar-refractivity contribution in [2.24, 2.45) is 0 Å². The molecule has 1 amide bonds. The van der Waals surface area contributed by atoms with Crippen LogP contribution in [0.4, 0.5) is 5.69 Å². The summed E-state index contributed by atoms with van der Waals surface area (Å²) in [5.41, 5.74) is 2.68. The van der Waals surface area contributed by atoms with Crippen molar-refractivity contribution in [3.8, 4) is 0 Å². The molecule has 0 aliphatic heterocycles. The Kier molecular flexibility index (Phi) is 7.85. The number of aryl methyl sites for hydroxylation is 2. The number of carbonyl (C=O) groups excluding carboxylic acids is 3. The van der Waals surface area contributed by atoms with Crippen molar-refractivity contribution >= 4 is 33.4 Å². The number of Topliss-reactive ketones (excluding diaryl/α,β-unsaturated/α-hetero) is 1. The molecule has 0 bridgehead atoms. The summed E-state index contributed by atoms with van der Waals surface area (Å²) in [6.45, 7) is 4.43. The van der Waals surface area contributed by atoms with Crippen molar-refractivity contribution in [1.82, 2.24) is 4.72 Å². The van der Waals surface area contributed by atoms with Crippen LogP contribution >= 0.6 is 0 Å². The molecule has 0 aromatic heterocycles. The number of ether oxygens (including phenoxy) is 1. The lowest BCUT2D eigenvalue weighted by Gasteiger charge is -2.09. The highest BCUT2D eigenvalue weighted by Gasteiger charge is 2.16. The molecule has 0 spiro atoms. The molecular formula is C21H24N2O6S. The minimum atomic E-state index is -3.82. The van der Waals surface area contributed by atoms with Gasteiger partial charge in [0.15, 0.2) is 6.61 Å². The summed E-state index contributed by atoms with van der Waals surface area (Å²) >= 11 is 0. The lowest BCUT2D eigenvalue weighted by molar-refractivity contribution is -0.142. The van der Waals surface area contributed by atoms with Crippen LogP contribution in [0.2, 0.25) is 0 Å². The van der Waals surface area contributed by atoms with Crippen LogP contribution in [-0.2, 0) is 24.3 Å². The number of carbonyl (C=O) groups is 3. The van der Waals surface area contributed by atoms with Gasteiger partial charge < -0.3 is 10.1 Å². The normalized spacial score (nSPS) is 11.0. The third-order valence-electron chi connectivity index (χ3n) is 4.16. The highest BCUT2D eigenvalue weighted by molar-refractivity contribution is 7.89. The van der Waals surface area contributed by atoms with Gasteiger partial charge in [-0.3, -0.25) is 14.4 Å². The van der Waals surface area contributed by atoms with Crippen LogP contribution in [0.5, 0.6) is 0 Å². The van der Waals surface area contributed by atoms with Crippen molar-refractivity contribution in [2.75, 3.05) is 18.5 Å². The number of rotatable bonds is 9. The molecule has 0 aliphatic carbocycles. The molecule has 9 heteroatoms. The molecule has 0 aliphatic rings. The SMILES string of the molecule is CC(=O)Nc1ccc(S(=O)(=O)NCCC(=O)OCC(=O)c2cc(C)ccc2C)cc1. The Balaban J connectivity index is 1.82. The molecule has 8 nitrogen and oxygen atoms in total. The molecule has 0 atom stereocenters. The fourth-order valence-corrected chi connectivity index (χ4v) is 3.66. The Bertz CT molecular complexity index is 1050. The lowest BCUT2D eigenvalue weighted by Crippen LogP contribution is -2.27. The summed E-state index contributed by atoms with van der Waals surface area (Å²) < 4.78 is 31.8. The number of sulfonamides is 1. The standard InChI is InChI=1S/C21H24N2O6S/c1-14-4-5-15(2)19(12-14)20(25)13-29-21(26)10-11-22-30(27,28)18-8-6-17(7-9-18)23-16(3)24/h4-9,12,22H,10-11,13H2,1-3H3,(H,23,24). The number of ketones is 1. The van der Waals surface area contributed by atoms with Crippen molar-refractivity contribution in [3.05, 3.63) is 59.2 Å². The van der Waals surface area contributed by atoms with Gasteiger partial charge in [-0.25, -0.2) is 13.1 Å². The number of anilines is 1. The van der Waals surface area contributed by atoms with E-state index in [-0.39, 0.29) is 29.6 Å². The summed E-state index contributed by atoms with van der Waals surface area (Å²) in [6, 6.07) is 11.0. The summed E-state index contributed by atoms with van der Waals surface area (Å²) in [7, 11) is -3.82. The molecule has 0 saturated heterocycles. The minimum absolute atomic E-state index is 0.00457. The molecule has 0 heterocycles. The number of esters is 1. The average Bonchev–Trinajstić information content (AvgIpc) is 2.68. The molecule has 2 rings (SSSR count). The van der Waals surface area contributed by atoms with Gasteiger partial charge in [0.05, 0.1) is 11.3 Å². The van der Waals surface area contributed by atoms with Crippen molar-refractivity contribution in [1.29, 1.82) is 0 Å². The van der Waals surface area contributed by atoms with Gasteiger partial charge in [0.25, 0.3) is 0 Å². The second-order valence-electron chi connectivity index (χ2n) is 6.76. The number of benzene rings is 2. The predicted octanol–water partition coefficient (Wildman–Crippen LogP) is 2.36. The molecule has 0 saturated carbocycles. The Morgan fingerprint density at radius 1 is 1.00 bits per heavy atom. The maximum atomic E-state index is 12.3. The Morgan fingerprint density at radius 2 is 1.67 bits per heavy atom. The average molecular weight is 432 g/mol. The Hall–Kier alpha value is -3.04. The van der Waals surface area contributed by atoms with Crippen LogP contribution in [0.3, 0.4) is 0 Å². The first kappa shape index (κ1) is 23.2. The molecule has 2 aromatic rings. The maximum absolute atomic E-state index is 12.3. The van der Waals surface area contributed by atoms with Crippen LogP contribution in [-0.4, -0.2) is 39.2 Å². The quantitative estimate of drug-likeness (QED) is 0.464. The summed E-state index contributed by atoms with van der Waals surface area (Å²) in [4.78, 5) is 35.1. The maximum Gasteiger partial charge on any atom is 0.307 e. The minimum Gasteiger partial charge on any atom is -0.457 e. The van der Waals surface area contributed by atoms with E-state index < -0.39 is 22.6 Å². The number of hydrogen-bond donors (Lipinski definition) is 2. The highest BCUT2D eigenvalue weighted by Crippen LogP contribution is 2.14. The zero-order valence-corrected chi connectivity index (χ0v) is 17.8. The van der Waals surface area contributed by atoms with Gasteiger partial charge >= 0.3 is 5.97 Å². The Labute approximate surface area is 175 Å². The number of nitrogens with one attached hydrogen (secondary N) is 2. The first-order valence-corrected chi connectivity index (χ1v) is 10.7. The van der Waals surface area contributed by atoms with Crippen molar-refractivity contribution in [2.45, 2.75) is 32.1 Å². The van der Waals surface area contributed by atoms with Crippen LogP contribution in [0.25, 0.3) is 0 Å². The van der Waals surface area contributed by atoms with Gasteiger partial charge in [-0.2, -0.15) is 0 Å². The number of hydrogen-bond acceptors (Lipinski definition) is 6. The van der Waals surface area contributed by atoms with E-state index in [0.29, 0.717) is 11.3 Å². The van der Waals surface area contributed by atoms with Gasteiger partial charge in [-0.1, -0.05) is 17.7 Å². The van der Waals surface area contributed by atoms with Crippen LogP contribution in [0.15, 0.2) is 47.4 Å². The van der Waals surface area contributed by atoms with Crippen LogP contribution in [0.1, 0.15) is 34.8 Å². The highest BCUT2D eigenvalue weighted by atomic mass is 32.2. The topological polar surface area (TPSA) is 119 Å². The Morgan fingerprint density at radius 3 is 2.30 bits per heavy atom. The second-order valence-corrected chi connectivity index (χ2v) is 8.52. The summed E-state index contributed by atoms with van der Waals surface area (Å²) in [5, 5.41) is 2.54. The molecular weight excluding hydrogens is 408 g/mol. The molecule has 0 unspecified atom stereocenters. The second kappa shape index (κ2) is 10.1. The predicted molar refractivity (Wildman–Crippen MR) is 112 cm³/mol. The van der Waals surface area contributed by atoms with E-state index in [9.17, 15) is 22.8 Å². The monoisotopic (exact) mass is 432 g/mol. The van der Waals surface area contributed by atoms with Crippen molar-refractivity contribution < 1.29 is 27.5 Å². The molecule has 0 fully saturated rings. The van der Waals surface area contributed by atoms with Crippen LogP contribution in [0, 0.1) is 13.8 Å². The zero-order chi connectivity index (χ0) is 22.3. The van der Waals surface area contributed by atoms with E-state index in [4.69, 9.17) is 4.74 Å². The molecule has 0 radical (unpaired) electrons. The van der Waals surface area contributed by atoms with Crippen molar-refractivity contribution in [3.63, 3.8) is 0 Å². The molecule has 30 heavy (non-hydrogen) atoms. The third-order valence-corrected chi connectivity index (χ3v) is 5.64. The van der Waals surface area contributed by atoms with E-state index in [2.05, 4.69) is 10.0 Å². The van der Waals surface area contributed by atoms with Gasteiger partial charge in [-0.05, 0) is 49.7 Å². The van der Waals surface area contributed by atoms with Crippen LogP contribution < -0.4 is 10.0 Å². The lowest BCUT2D eigenvalue weighted by atomic mass is 10.0. The first-order valence-electron chi connectivity index (χ1n) is 9.22. The third kappa shape index (κ3) is 6.78. The molecule has 2 aromatic carbocycles. The van der Waals surface area contributed by atoms with E-state index in [1.807, 2.05) is 19.1 Å². The van der Waals surface area contributed by atoms with E-state index in [1.165, 1.54) is 31.2 Å². The fraction of sp³-hybridized carbons (Fsp3) is 0.286. The van der Waals surface area contributed by atoms with Gasteiger partial charge in [0, 0.05) is 24.7 Å². The van der Waals surface area contributed by atoms with Gasteiger partial charge in [0.2, 0.25) is 21.7 Å². The van der Waals surface area contributed by atoms with E-state index in [1.54, 1.807) is 13.0 Å².